The van der Waals surface area contributed by atoms with Crippen LogP contribution in [-0.4, -0.2) is 59.6 Å². The van der Waals surface area contributed by atoms with Crippen LogP contribution in [0.1, 0.15) is 18.2 Å². The number of nitrogens with zero attached hydrogens (tertiary/aromatic N) is 6. The van der Waals surface area contributed by atoms with Crippen molar-refractivity contribution in [2.75, 3.05) is 20.2 Å². The van der Waals surface area contributed by atoms with E-state index in [1.807, 2.05) is 4.90 Å². The zero-order valence-corrected chi connectivity index (χ0v) is 20.3. The molecule has 4 rings (SSSR count). The van der Waals surface area contributed by atoms with Crippen molar-refractivity contribution >= 4 is 29.2 Å². The Labute approximate surface area is 208 Å². The number of hydrogen-bond donors (Lipinski definition) is 1. The second-order valence-corrected chi connectivity index (χ2v) is 9.91. The number of benzene rings is 1. The molecule has 1 N–H and O–H groups in total. The maximum absolute atomic E-state index is 13.7. The lowest BCUT2D eigenvalue weighted by Crippen LogP contribution is -2.42. The molecule has 3 aromatic rings. The number of imidazole rings is 1. The number of nitro groups is 1. The van der Waals surface area contributed by atoms with Crippen molar-refractivity contribution < 1.29 is 23.5 Å². The van der Waals surface area contributed by atoms with Crippen LogP contribution in [0.15, 0.2) is 24.4 Å². The summed E-state index contributed by atoms with van der Waals surface area (Å²) in [5.74, 6) is -1.19. The minimum atomic E-state index is -1.22. The number of aliphatic hydroxyl groups is 1. The van der Waals surface area contributed by atoms with Crippen LogP contribution in [0, 0.1) is 21.7 Å². The van der Waals surface area contributed by atoms with Gasteiger partial charge >= 0.3 is 11.1 Å². The zero-order valence-electron chi connectivity index (χ0n) is 18.7. The van der Waals surface area contributed by atoms with Gasteiger partial charge in [0, 0.05) is 43.2 Å². The number of methoxy groups -OCH3 is 1. The van der Waals surface area contributed by atoms with Crippen molar-refractivity contribution in [1.82, 2.24) is 24.4 Å². The molecule has 0 radical (unpaired) electrons. The third-order valence-electron chi connectivity index (χ3n) is 5.35. The second kappa shape index (κ2) is 10.0. The molecule has 2 aromatic heterocycles. The summed E-state index contributed by atoms with van der Waals surface area (Å²) in [6.45, 7) is 2.87. The third-order valence-corrected chi connectivity index (χ3v) is 6.81. The quantitative estimate of drug-likeness (QED) is 0.266. The van der Waals surface area contributed by atoms with Crippen molar-refractivity contribution in [2.45, 2.75) is 30.7 Å². The van der Waals surface area contributed by atoms with Crippen molar-refractivity contribution in [3.05, 3.63) is 62.7 Å². The Balaban J connectivity index is 1.47. The van der Waals surface area contributed by atoms with Crippen LogP contribution in [0.4, 0.5) is 14.6 Å². The summed E-state index contributed by atoms with van der Waals surface area (Å²) in [6, 6.07) is 3.10. The number of fused-ring (bicyclic) bond motifs is 1. The number of ether oxygens (including phenoxy) is 1. The van der Waals surface area contributed by atoms with Gasteiger partial charge in [-0.15, -0.1) is 11.8 Å². The molecule has 0 aliphatic carbocycles. The number of aromatic nitrogens is 4. The van der Waals surface area contributed by atoms with E-state index < -0.39 is 21.5 Å². The fraction of sp³-hybridized carbons (Fsp3) is 0.381. The minimum Gasteiger partial charge on any atom is -0.481 e. The van der Waals surface area contributed by atoms with Gasteiger partial charge in [0.15, 0.2) is 5.82 Å². The molecule has 1 aromatic carbocycles. The molecule has 1 atom stereocenters. The van der Waals surface area contributed by atoms with Crippen LogP contribution in [-0.2, 0) is 18.8 Å². The Hall–Kier alpha value is -2.87. The van der Waals surface area contributed by atoms with E-state index in [1.54, 1.807) is 6.92 Å². The van der Waals surface area contributed by atoms with E-state index in [2.05, 4.69) is 15.0 Å². The number of thioether (sulfide) groups is 1. The van der Waals surface area contributed by atoms with Crippen molar-refractivity contribution in [3.63, 3.8) is 0 Å². The van der Waals surface area contributed by atoms with Crippen LogP contribution >= 0.6 is 23.4 Å². The van der Waals surface area contributed by atoms with E-state index in [-0.39, 0.29) is 34.9 Å². The molecule has 0 spiro atoms. The van der Waals surface area contributed by atoms with Gasteiger partial charge in [-0.25, -0.2) is 13.8 Å². The molecule has 186 valence electrons. The number of hydrogen-bond acceptors (Lipinski definition) is 9. The van der Waals surface area contributed by atoms with Gasteiger partial charge in [-0.3, -0.25) is 9.47 Å². The molecule has 0 unspecified atom stereocenters. The van der Waals surface area contributed by atoms with E-state index in [9.17, 15) is 24.0 Å². The van der Waals surface area contributed by atoms with E-state index in [0.717, 1.165) is 35.5 Å². The molecular weight excluding hydrogens is 506 g/mol. The van der Waals surface area contributed by atoms with Gasteiger partial charge in [-0.05, 0) is 40.6 Å². The average Bonchev–Trinajstić information content (AvgIpc) is 3.17. The Bertz CT molecular complexity index is 1240. The Morgan fingerprint density at radius 3 is 2.63 bits per heavy atom. The van der Waals surface area contributed by atoms with Crippen molar-refractivity contribution in [1.29, 1.82) is 0 Å². The predicted molar refractivity (Wildman–Crippen MR) is 125 cm³/mol. The molecular formula is C21H21ClF2N6O4S. The first-order valence-corrected chi connectivity index (χ1v) is 11.8. The summed E-state index contributed by atoms with van der Waals surface area (Å²) >= 11 is 7.10. The minimum absolute atomic E-state index is 0.0391. The molecule has 14 heteroatoms. The van der Waals surface area contributed by atoms with Crippen molar-refractivity contribution in [3.8, 4) is 17.3 Å². The first kappa shape index (κ1) is 25.2. The van der Waals surface area contributed by atoms with Crippen molar-refractivity contribution in [2.24, 2.45) is 0 Å². The average molecular weight is 527 g/mol. The van der Waals surface area contributed by atoms with E-state index >= 15 is 0 Å². The lowest BCUT2D eigenvalue weighted by molar-refractivity contribution is -0.389. The largest absolute Gasteiger partial charge is 0.481 e. The highest BCUT2D eigenvalue weighted by Gasteiger charge is 2.30. The summed E-state index contributed by atoms with van der Waals surface area (Å²) in [4.78, 5) is 23.5. The summed E-state index contributed by atoms with van der Waals surface area (Å²) in [7, 11) is 1.46. The number of halogens is 3. The molecule has 1 aliphatic rings. The SMILES string of the molecule is COc1nc(-c2cc(F)cc(F)c2)nc2c1CN(C[C@](C)(O)SCn1cc([N+](=O)[O-])nc1Cl)CC2. The first-order valence-electron chi connectivity index (χ1n) is 10.4. The normalized spacial score (nSPS) is 15.5. The maximum atomic E-state index is 13.7. The fourth-order valence-electron chi connectivity index (χ4n) is 3.78. The highest BCUT2D eigenvalue weighted by molar-refractivity contribution is 7.99. The third kappa shape index (κ3) is 5.86. The summed E-state index contributed by atoms with van der Waals surface area (Å²) in [5.41, 5.74) is 1.65. The lowest BCUT2D eigenvalue weighted by Gasteiger charge is -2.34. The molecule has 0 fully saturated rings. The molecule has 35 heavy (non-hydrogen) atoms. The van der Waals surface area contributed by atoms with Gasteiger partial charge < -0.3 is 20.0 Å². The smallest absolute Gasteiger partial charge is 0.383 e. The van der Waals surface area contributed by atoms with Gasteiger partial charge in [0.2, 0.25) is 5.88 Å². The molecule has 0 saturated heterocycles. The van der Waals surface area contributed by atoms with Gasteiger partial charge in [0.1, 0.15) is 22.8 Å². The molecule has 3 heterocycles. The van der Waals surface area contributed by atoms with Crippen LogP contribution in [0.3, 0.4) is 0 Å². The monoisotopic (exact) mass is 526 g/mol. The van der Waals surface area contributed by atoms with E-state index in [4.69, 9.17) is 16.3 Å². The lowest BCUT2D eigenvalue weighted by atomic mass is 10.1. The Kier molecular flexibility index (Phi) is 7.22. The summed E-state index contributed by atoms with van der Waals surface area (Å²) in [6.07, 6.45) is 1.73. The summed E-state index contributed by atoms with van der Waals surface area (Å²) < 4.78 is 34.2. The first-order chi connectivity index (χ1) is 16.5. The highest BCUT2D eigenvalue weighted by atomic mass is 35.5. The molecule has 0 bridgehead atoms. The molecule has 1 aliphatic heterocycles. The zero-order chi connectivity index (χ0) is 25.3. The summed E-state index contributed by atoms with van der Waals surface area (Å²) in [5, 5.41) is 21.8. The van der Waals surface area contributed by atoms with Crippen LogP contribution < -0.4 is 4.74 Å². The van der Waals surface area contributed by atoms with Gasteiger partial charge in [0.05, 0.1) is 18.7 Å². The molecule has 0 saturated carbocycles. The number of β-amino-alcohol motifs (C(OH)–C–C–N with tert-alkyl or cyclic N) is 1. The number of rotatable bonds is 8. The maximum Gasteiger partial charge on any atom is 0.383 e. The van der Waals surface area contributed by atoms with E-state index in [1.165, 1.54) is 17.9 Å². The second-order valence-electron chi connectivity index (χ2n) is 8.14. The van der Waals surface area contributed by atoms with Gasteiger partial charge in [0.25, 0.3) is 0 Å². The van der Waals surface area contributed by atoms with Gasteiger partial charge in [-0.1, -0.05) is 0 Å². The van der Waals surface area contributed by atoms with Gasteiger partial charge in [-0.2, -0.15) is 4.98 Å². The highest BCUT2D eigenvalue weighted by Crippen LogP contribution is 2.32. The predicted octanol–water partition coefficient (Wildman–Crippen LogP) is 3.65. The standard InChI is InChI=1S/C21H21ClF2N6O4S/c1-21(31,35-11-29-9-17(30(32)33)26-20(29)22)10-28-4-3-16-15(8-28)19(34-2)27-18(25-16)12-5-13(23)7-14(24)6-12/h5-7,9,31H,3-4,8,10-11H2,1-2H3/t21-/m1/s1. The topological polar surface area (TPSA) is 119 Å². The fourth-order valence-corrected chi connectivity index (χ4v) is 4.94. The molecule has 10 nitrogen and oxygen atoms in total. The van der Waals surface area contributed by atoms with E-state index in [0.29, 0.717) is 31.1 Å². The van der Waals surface area contributed by atoms with Crippen LogP contribution in [0.5, 0.6) is 5.88 Å². The van der Waals surface area contributed by atoms with Crippen LogP contribution in [0.2, 0.25) is 5.28 Å². The Morgan fingerprint density at radius 1 is 1.29 bits per heavy atom. The molecule has 0 amide bonds. The Morgan fingerprint density at radius 2 is 2.00 bits per heavy atom. The van der Waals surface area contributed by atoms with Crippen LogP contribution in [0.25, 0.3) is 11.4 Å².